The molecule has 0 fully saturated rings. The monoisotopic (exact) mass is 327 g/mol. The van der Waals surface area contributed by atoms with Crippen LogP contribution < -0.4 is 4.72 Å². The molecule has 1 heterocycles. The van der Waals surface area contributed by atoms with Gasteiger partial charge in [-0.3, -0.25) is 4.72 Å². The highest BCUT2D eigenvalue weighted by atomic mass is 79.9. The van der Waals surface area contributed by atoms with Gasteiger partial charge in [-0.05, 0) is 17.9 Å². The molecule has 5 nitrogen and oxygen atoms in total. The van der Waals surface area contributed by atoms with Gasteiger partial charge >= 0.3 is 5.97 Å². The van der Waals surface area contributed by atoms with Gasteiger partial charge in [0, 0.05) is 0 Å². The zero-order valence-electron chi connectivity index (χ0n) is 8.61. The summed E-state index contributed by atoms with van der Waals surface area (Å²) in [5.41, 5.74) is 0.978. The molecule has 0 spiro atoms. The van der Waals surface area contributed by atoms with Crippen LogP contribution in [0.2, 0.25) is 0 Å². The van der Waals surface area contributed by atoms with Crippen LogP contribution in [0, 0.1) is 6.92 Å². The highest BCUT2D eigenvalue weighted by molar-refractivity contribution is 9.10. The van der Waals surface area contributed by atoms with E-state index in [-0.39, 0.29) is 15.2 Å². The summed E-state index contributed by atoms with van der Waals surface area (Å²) in [4.78, 5) is 11.6. The van der Waals surface area contributed by atoms with Crippen LogP contribution in [0.5, 0.6) is 0 Å². The molecule has 0 aliphatic heterocycles. The molecule has 0 aliphatic carbocycles. The number of carbonyl (C=O) groups is 1. The fourth-order valence-electron chi connectivity index (χ4n) is 0.997. The Balaban J connectivity index is 3.13. The number of sulfonamides is 1. The number of rotatable bonds is 4. The lowest BCUT2D eigenvalue weighted by Crippen LogP contribution is -2.15. The van der Waals surface area contributed by atoms with Gasteiger partial charge in [-0.2, -0.15) is 0 Å². The molecular formula is C8H10BrNO4S2. The summed E-state index contributed by atoms with van der Waals surface area (Å²) in [6.07, 6.45) is 0. The molecule has 0 saturated heterocycles. The van der Waals surface area contributed by atoms with Gasteiger partial charge in [-0.1, -0.05) is 15.9 Å². The first kappa shape index (κ1) is 13.5. The SMILES string of the molecule is COC(=O)c1scc(C)c1NS(=O)(=O)CBr. The summed E-state index contributed by atoms with van der Waals surface area (Å²) < 4.78 is 29.4. The number of hydrogen-bond acceptors (Lipinski definition) is 5. The van der Waals surface area contributed by atoms with Crippen LogP contribution in [-0.2, 0) is 14.8 Å². The smallest absolute Gasteiger partial charge is 0.350 e. The molecule has 0 aromatic carbocycles. The van der Waals surface area contributed by atoms with Crippen molar-refractivity contribution in [1.29, 1.82) is 0 Å². The summed E-state index contributed by atoms with van der Waals surface area (Å²) in [5.74, 6) is -0.551. The van der Waals surface area contributed by atoms with Gasteiger partial charge in [-0.15, -0.1) is 11.3 Å². The average molecular weight is 328 g/mol. The quantitative estimate of drug-likeness (QED) is 0.677. The second-order valence-electron chi connectivity index (χ2n) is 2.94. The van der Waals surface area contributed by atoms with E-state index in [1.165, 1.54) is 7.11 Å². The molecule has 1 aromatic rings. The highest BCUT2D eigenvalue weighted by Crippen LogP contribution is 2.29. The number of alkyl halides is 1. The predicted molar refractivity (Wildman–Crippen MR) is 66.7 cm³/mol. The molecule has 0 unspecified atom stereocenters. The first-order valence-electron chi connectivity index (χ1n) is 4.14. The van der Waals surface area contributed by atoms with Crippen molar-refractivity contribution in [3.05, 3.63) is 15.8 Å². The van der Waals surface area contributed by atoms with Crippen LogP contribution in [0.15, 0.2) is 5.38 Å². The third-order valence-electron chi connectivity index (χ3n) is 1.75. The molecular weight excluding hydrogens is 318 g/mol. The van der Waals surface area contributed by atoms with Crippen molar-refractivity contribution in [1.82, 2.24) is 0 Å². The van der Waals surface area contributed by atoms with Crippen molar-refractivity contribution < 1.29 is 17.9 Å². The Hall–Kier alpha value is -0.600. The predicted octanol–water partition coefficient (Wildman–Crippen LogP) is 1.94. The van der Waals surface area contributed by atoms with E-state index in [4.69, 9.17) is 0 Å². The van der Waals surface area contributed by atoms with Gasteiger partial charge in [-0.25, -0.2) is 13.2 Å². The lowest BCUT2D eigenvalue weighted by molar-refractivity contribution is 0.0607. The molecule has 1 aromatic heterocycles. The van der Waals surface area contributed by atoms with E-state index in [0.717, 1.165) is 11.3 Å². The number of anilines is 1. The van der Waals surface area contributed by atoms with Crippen molar-refractivity contribution in [2.75, 3.05) is 16.5 Å². The number of carbonyl (C=O) groups excluding carboxylic acids is 1. The number of ether oxygens (including phenoxy) is 1. The molecule has 16 heavy (non-hydrogen) atoms. The maximum atomic E-state index is 11.4. The van der Waals surface area contributed by atoms with Gasteiger partial charge < -0.3 is 4.74 Å². The Labute approximate surface area is 106 Å². The van der Waals surface area contributed by atoms with E-state index in [9.17, 15) is 13.2 Å². The van der Waals surface area contributed by atoms with Crippen molar-refractivity contribution in [2.45, 2.75) is 6.92 Å². The Morgan fingerprint density at radius 2 is 2.25 bits per heavy atom. The number of aryl methyl sites for hydroxylation is 1. The minimum Gasteiger partial charge on any atom is -0.465 e. The number of halogens is 1. The summed E-state index contributed by atoms with van der Waals surface area (Å²) >= 11 is 4.00. The van der Waals surface area contributed by atoms with Gasteiger partial charge in [0.2, 0.25) is 10.0 Å². The lowest BCUT2D eigenvalue weighted by Gasteiger charge is -2.06. The third-order valence-corrected chi connectivity index (χ3v) is 5.44. The van der Waals surface area contributed by atoms with Gasteiger partial charge in [0.1, 0.15) is 9.54 Å². The molecule has 0 atom stereocenters. The first-order chi connectivity index (χ1) is 7.41. The second kappa shape index (κ2) is 5.15. The van der Waals surface area contributed by atoms with Crippen molar-refractivity contribution >= 4 is 48.9 Å². The Morgan fingerprint density at radius 3 is 2.75 bits per heavy atom. The zero-order valence-corrected chi connectivity index (χ0v) is 11.8. The standard InChI is InChI=1S/C8H10BrNO4S2/c1-5-3-15-7(8(11)14-2)6(5)10-16(12,13)4-9/h3,10H,4H2,1-2H3. The fraction of sp³-hybridized carbons (Fsp3) is 0.375. The van der Waals surface area contributed by atoms with Crippen molar-refractivity contribution in [3.8, 4) is 0 Å². The van der Waals surface area contributed by atoms with E-state index in [1.54, 1.807) is 12.3 Å². The molecule has 0 saturated carbocycles. The zero-order chi connectivity index (χ0) is 12.3. The normalized spacial score (nSPS) is 11.2. The molecule has 1 N–H and O–H groups in total. The van der Waals surface area contributed by atoms with Crippen LogP contribution in [0.3, 0.4) is 0 Å². The largest absolute Gasteiger partial charge is 0.465 e. The highest BCUT2D eigenvalue weighted by Gasteiger charge is 2.20. The first-order valence-corrected chi connectivity index (χ1v) is 7.79. The summed E-state index contributed by atoms with van der Waals surface area (Å²) in [6, 6.07) is 0. The number of esters is 1. The van der Waals surface area contributed by atoms with E-state index < -0.39 is 16.0 Å². The fourth-order valence-corrected chi connectivity index (χ4v) is 2.96. The van der Waals surface area contributed by atoms with Gasteiger partial charge in [0.05, 0.1) is 12.8 Å². The molecule has 0 aliphatic rings. The Bertz CT molecular complexity index is 494. The Kier molecular flexibility index (Phi) is 4.34. The summed E-state index contributed by atoms with van der Waals surface area (Å²) in [7, 11) is -2.21. The molecule has 0 radical (unpaired) electrons. The van der Waals surface area contributed by atoms with Crippen LogP contribution >= 0.6 is 27.3 Å². The van der Waals surface area contributed by atoms with E-state index in [0.29, 0.717) is 5.56 Å². The third kappa shape index (κ3) is 2.96. The van der Waals surface area contributed by atoms with Crippen molar-refractivity contribution in [2.24, 2.45) is 0 Å². The summed E-state index contributed by atoms with van der Waals surface area (Å²) in [6.45, 7) is 1.72. The topological polar surface area (TPSA) is 72.5 Å². The number of thiophene rings is 1. The van der Waals surface area contributed by atoms with E-state index in [1.807, 2.05) is 0 Å². The van der Waals surface area contributed by atoms with Gasteiger partial charge in [0.25, 0.3) is 0 Å². The molecule has 8 heteroatoms. The van der Waals surface area contributed by atoms with Crippen molar-refractivity contribution in [3.63, 3.8) is 0 Å². The Morgan fingerprint density at radius 1 is 1.62 bits per heavy atom. The number of nitrogens with one attached hydrogen (secondary N) is 1. The molecule has 0 bridgehead atoms. The maximum Gasteiger partial charge on any atom is 0.350 e. The van der Waals surface area contributed by atoms with Crippen LogP contribution in [-0.4, -0.2) is 26.2 Å². The minimum atomic E-state index is -3.46. The lowest BCUT2D eigenvalue weighted by atomic mass is 10.3. The molecule has 1 rings (SSSR count). The van der Waals surface area contributed by atoms with E-state index in [2.05, 4.69) is 25.4 Å². The summed E-state index contributed by atoms with van der Waals surface area (Å²) in [5, 5.41) is 1.69. The second-order valence-corrected chi connectivity index (χ2v) is 6.85. The number of methoxy groups -OCH3 is 1. The van der Waals surface area contributed by atoms with E-state index >= 15 is 0 Å². The maximum absolute atomic E-state index is 11.4. The van der Waals surface area contributed by atoms with Gasteiger partial charge in [0.15, 0.2) is 0 Å². The van der Waals surface area contributed by atoms with Crippen LogP contribution in [0.1, 0.15) is 15.2 Å². The molecule has 0 amide bonds. The average Bonchev–Trinajstić information content (AvgIpc) is 2.59. The minimum absolute atomic E-state index is 0.226. The van der Waals surface area contributed by atoms with Crippen LogP contribution in [0.4, 0.5) is 5.69 Å². The number of hydrogen-bond donors (Lipinski definition) is 1. The van der Waals surface area contributed by atoms with Crippen LogP contribution in [0.25, 0.3) is 0 Å². The molecule has 90 valence electrons.